The summed E-state index contributed by atoms with van der Waals surface area (Å²) in [4.78, 5) is 13.5. The van der Waals surface area contributed by atoms with Gasteiger partial charge >= 0.3 is 0 Å². The number of nitrogens with zero attached hydrogens (tertiary/aromatic N) is 2. The Bertz CT molecular complexity index is 863. The van der Waals surface area contributed by atoms with Gasteiger partial charge in [0.15, 0.2) is 0 Å². The molecule has 1 heterocycles. The van der Waals surface area contributed by atoms with Gasteiger partial charge in [-0.05, 0) is 30.0 Å². The number of carbonyl (C=O) groups is 1. The van der Waals surface area contributed by atoms with E-state index in [0.717, 1.165) is 14.9 Å². The van der Waals surface area contributed by atoms with E-state index in [-0.39, 0.29) is 5.91 Å². The molecule has 0 aliphatic heterocycles. The van der Waals surface area contributed by atoms with Crippen molar-refractivity contribution in [1.82, 2.24) is 9.78 Å². The third kappa shape index (κ3) is 3.71. The predicted octanol–water partition coefficient (Wildman–Crippen LogP) is 4.67. The highest BCUT2D eigenvalue weighted by atomic mass is 79.9. The van der Waals surface area contributed by atoms with Crippen LogP contribution in [0.1, 0.15) is 15.9 Å². The van der Waals surface area contributed by atoms with Crippen LogP contribution in [0.5, 0.6) is 0 Å². The molecule has 0 saturated carbocycles. The highest BCUT2D eigenvalue weighted by Crippen LogP contribution is 2.22. The maximum atomic E-state index is 12.6. The molecule has 0 unspecified atom stereocenters. The molecule has 4 nitrogen and oxygen atoms in total. The minimum absolute atomic E-state index is 0.131. The zero-order valence-electron chi connectivity index (χ0n) is 13.1. The average Bonchev–Trinajstić information content (AvgIpc) is 3.03. The molecule has 3 rings (SSSR count). The van der Waals surface area contributed by atoms with Gasteiger partial charge in [0.05, 0.1) is 18.3 Å². The van der Waals surface area contributed by atoms with Crippen molar-refractivity contribution in [2.75, 3.05) is 11.6 Å². The highest BCUT2D eigenvalue weighted by Gasteiger charge is 2.13. The van der Waals surface area contributed by atoms with Crippen molar-refractivity contribution in [3.05, 3.63) is 76.4 Å². The van der Waals surface area contributed by atoms with E-state index in [1.165, 1.54) is 0 Å². The average molecular weight is 402 g/mol. The summed E-state index contributed by atoms with van der Waals surface area (Å²) in [6, 6.07) is 17.3. The Morgan fingerprint density at radius 2 is 1.92 bits per heavy atom. The van der Waals surface area contributed by atoms with E-state index in [1.807, 2.05) is 54.8 Å². The number of carbonyl (C=O) groups excluding carboxylic acids is 1. The molecule has 1 aromatic heterocycles. The van der Waals surface area contributed by atoms with Crippen molar-refractivity contribution in [2.45, 2.75) is 11.4 Å². The summed E-state index contributed by atoms with van der Waals surface area (Å²) >= 11 is 5.10. The number of benzene rings is 2. The second kappa shape index (κ2) is 7.68. The molecule has 1 N–H and O–H groups in total. The van der Waals surface area contributed by atoms with Crippen molar-refractivity contribution in [1.29, 1.82) is 0 Å². The van der Waals surface area contributed by atoms with Crippen molar-refractivity contribution >= 4 is 39.4 Å². The van der Waals surface area contributed by atoms with Crippen LogP contribution in [0.2, 0.25) is 0 Å². The van der Waals surface area contributed by atoms with Crippen molar-refractivity contribution in [3.63, 3.8) is 0 Å². The Kier molecular flexibility index (Phi) is 5.37. The summed E-state index contributed by atoms with van der Waals surface area (Å²) in [5.41, 5.74) is 1.76. The zero-order valence-corrected chi connectivity index (χ0v) is 15.5. The van der Waals surface area contributed by atoms with E-state index in [2.05, 4.69) is 26.3 Å². The molecule has 0 aliphatic rings. The quantitative estimate of drug-likeness (QED) is 0.631. The molecule has 0 saturated heterocycles. The molecule has 2 aromatic carbocycles. The second-order valence-corrected chi connectivity index (χ2v) is 6.82. The Hall–Kier alpha value is -2.05. The predicted molar refractivity (Wildman–Crippen MR) is 102 cm³/mol. The molecule has 24 heavy (non-hydrogen) atoms. The molecule has 0 aliphatic carbocycles. The van der Waals surface area contributed by atoms with Gasteiger partial charge in [-0.25, -0.2) is 4.68 Å². The Labute approximate surface area is 153 Å². The molecule has 6 heteroatoms. The fraction of sp³-hybridized carbons (Fsp3) is 0.111. The SMILES string of the molecule is CSc1ccccc1C(=O)Nc1ccnn1Cc1ccccc1Br. The van der Waals surface area contributed by atoms with Gasteiger partial charge < -0.3 is 5.32 Å². The number of aromatic nitrogens is 2. The number of rotatable bonds is 5. The Morgan fingerprint density at radius 3 is 2.71 bits per heavy atom. The van der Waals surface area contributed by atoms with Gasteiger partial charge in [0.1, 0.15) is 5.82 Å². The number of halogens is 1. The minimum Gasteiger partial charge on any atom is -0.307 e. The van der Waals surface area contributed by atoms with Gasteiger partial charge in [0.25, 0.3) is 5.91 Å². The first kappa shape index (κ1) is 16.8. The van der Waals surface area contributed by atoms with Crippen molar-refractivity contribution in [3.8, 4) is 0 Å². The molecular weight excluding hydrogens is 386 g/mol. The zero-order chi connectivity index (χ0) is 16.9. The molecule has 0 fully saturated rings. The third-order valence-electron chi connectivity index (χ3n) is 3.59. The smallest absolute Gasteiger partial charge is 0.257 e. The van der Waals surface area contributed by atoms with Crippen LogP contribution in [0, 0.1) is 0 Å². The van der Waals surface area contributed by atoms with E-state index < -0.39 is 0 Å². The van der Waals surface area contributed by atoms with Crippen LogP contribution < -0.4 is 5.32 Å². The Morgan fingerprint density at radius 1 is 1.17 bits per heavy atom. The van der Waals surface area contributed by atoms with Crippen molar-refractivity contribution in [2.24, 2.45) is 0 Å². The molecule has 0 radical (unpaired) electrons. The monoisotopic (exact) mass is 401 g/mol. The lowest BCUT2D eigenvalue weighted by Crippen LogP contribution is -2.17. The van der Waals surface area contributed by atoms with E-state index in [4.69, 9.17) is 0 Å². The van der Waals surface area contributed by atoms with E-state index in [1.54, 1.807) is 28.7 Å². The number of nitrogens with one attached hydrogen (secondary N) is 1. The largest absolute Gasteiger partial charge is 0.307 e. The number of hydrogen-bond donors (Lipinski definition) is 1. The topological polar surface area (TPSA) is 46.9 Å². The van der Waals surface area contributed by atoms with Gasteiger partial charge in [-0.1, -0.05) is 46.3 Å². The lowest BCUT2D eigenvalue weighted by Gasteiger charge is -2.11. The highest BCUT2D eigenvalue weighted by molar-refractivity contribution is 9.10. The third-order valence-corrected chi connectivity index (χ3v) is 5.16. The standard InChI is InChI=1S/C18H16BrN3OS/c1-24-16-9-5-3-7-14(16)18(23)21-17-10-11-20-22(17)12-13-6-2-4-8-15(13)19/h2-11H,12H2,1H3,(H,21,23). The summed E-state index contributed by atoms with van der Waals surface area (Å²) < 4.78 is 2.80. The lowest BCUT2D eigenvalue weighted by atomic mass is 10.2. The summed E-state index contributed by atoms with van der Waals surface area (Å²) in [6.45, 7) is 0.578. The van der Waals surface area contributed by atoms with Gasteiger partial charge in [0, 0.05) is 15.4 Å². The first-order valence-electron chi connectivity index (χ1n) is 7.38. The molecule has 122 valence electrons. The second-order valence-electron chi connectivity index (χ2n) is 5.12. The van der Waals surface area contributed by atoms with Gasteiger partial charge in [-0.15, -0.1) is 11.8 Å². The summed E-state index contributed by atoms with van der Waals surface area (Å²) in [5, 5.41) is 7.27. The van der Waals surface area contributed by atoms with Crippen LogP contribution >= 0.6 is 27.7 Å². The number of anilines is 1. The molecule has 0 bridgehead atoms. The molecule has 0 spiro atoms. The van der Waals surface area contributed by atoms with Gasteiger partial charge in [0.2, 0.25) is 0 Å². The molecule has 1 amide bonds. The first-order chi connectivity index (χ1) is 11.7. The normalized spacial score (nSPS) is 10.6. The van der Waals surface area contributed by atoms with Crippen LogP contribution in [0.4, 0.5) is 5.82 Å². The number of amides is 1. The first-order valence-corrected chi connectivity index (χ1v) is 9.40. The van der Waals surface area contributed by atoms with Crippen LogP contribution in [-0.4, -0.2) is 21.9 Å². The molecular formula is C18H16BrN3OS. The van der Waals surface area contributed by atoms with Crippen LogP contribution in [0.25, 0.3) is 0 Å². The van der Waals surface area contributed by atoms with E-state index in [0.29, 0.717) is 17.9 Å². The summed E-state index contributed by atoms with van der Waals surface area (Å²) in [6.07, 6.45) is 3.65. The maximum absolute atomic E-state index is 12.6. The lowest BCUT2D eigenvalue weighted by molar-refractivity contribution is 0.102. The van der Waals surface area contributed by atoms with Crippen molar-refractivity contribution < 1.29 is 4.79 Å². The Balaban J connectivity index is 1.81. The van der Waals surface area contributed by atoms with Crippen LogP contribution in [-0.2, 0) is 6.54 Å². The van der Waals surface area contributed by atoms with Crippen LogP contribution in [0.15, 0.2) is 70.2 Å². The number of hydrogen-bond acceptors (Lipinski definition) is 3. The summed E-state index contributed by atoms with van der Waals surface area (Å²) in [7, 11) is 0. The fourth-order valence-corrected chi connectivity index (χ4v) is 3.37. The molecule has 0 atom stereocenters. The number of thioether (sulfide) groups is 1. The summed E-state index contributed by atoms with van der Waals surface area (Å²) in [5.74, 6) is 0.542. The fourth-order valence-electron chi connectivity index (χ4n) is 2.37. The van der Waals surface area contributed by atoms with E-state index in [9.17, 15) is 4.79 Å². The van der Waals surface area contributed by atoms with E-state index >= 15 is 0 Å². The van der Waals surface area contributed by atoms with Gasteiger partial charge in [-0.3, -0.25) is 4.79 Å². The van der Waals surface area contributed by atoms with Crippen LogP contribution in [0.3, 0.4) is 0 Å². The minimum atomic E-state index is -0.131. The molecule has 3 aromatic rings. The van der Waals surface area contributed by atoms with Gasteiger partial charge in [-0.2, -0.15) is 5.10 Å². The maximum Gasteiger partial charge on any atom is 0.257 e.